The van der Waals surface area contributed by atoms with Crippen LogP contribution < -0.4 is 10.0 Å². The third-order valence-corrected chi connectivity index (χ3v) is 3.22. The van der Waals surface area contributed by atoms with Crippen molar-refractivity contribution in [2.75, 3.05) is 22.8 Å². The predicted molar refractivity (Wildman–Crippen MR) is 58.7 cm³/mol. The second kappa shape index (κ2) is 4.06. The number of nitrogens with zero attached hydrogens (tertiary/aromatic N) is 1. The van der Waals surface area contributed by atoms with Gasteiger partial charge in [-0.3, -0.25) is 4.31 Å². The third kappa shape index (κ3) is 2.59. The van der Waals surface area contributed by atoms with Crippen molar-refractivity contribution >= 4 is 21.4 Å². The summed E-state index contributed by atoms with van der Waals surface area (Å²) in [4.78, 5) is 0. The Morgan fingerprint density at radius 1 is 1.47 bits per heavy atom. The zero-order chi connectivity index (χ0) is 11.6. The van der Waals surface area contributed by atoms with Crippen LogP contribution >= 0.6 is 0 Å². The van der Waals surface area contributed by atoms with Crippen LogP contribution in [-0.2, 0) is 10.0 Å². The first kappa shape index (κ1) is 11.8. The average molecular weight is 232 g/mol. The van der Waals surface area contributed by atoms with Crippen molar-refractivity contribution in [3.8, 4) is 0 Å². The van der Waals surface area contributed by atoms with Gasteiger partial charge in [-0.2, -0.15) is 0 Å². The number of nitrogens with two attached hydrogens (primary N) is 1. The van der Waals surface area contributed by atoms with E-state index in [2.05, 4.69) is 0 Å². The molecule has 1 aromatic rings. The lowest BCUT2D eigenvalue weighted by Crippen LogP contribution is -2.29. The quantitative estimate of drug-likeness (QED) is 0.796. The fourth-order valence-corrected chi connectivity index (χ4v) is 2.26. The van der Waals surface area contributed by atoms with Gasteiger partial charge in [-0.25, -0.2) is 12.8 Å². The van der Waals surface area contributed by atoms with Gasteiger partial charge in [0.25, 0.3) is 0 Å². The van der Waals surface area contributed by atoms with E-state index in [1.807, 2.05) is 0 Å². The maximum absolute atomic E-state index is 12.9. The Morgan fingerprint density at radius 3 is 2.47 bits per heavy atom. The number of hydrogen-bond donors (Lipinski definition) is 1. The van der Waals surface area contributed by atoms with Gasteiger partial charge < -0.3 is 5.73 Å². The predicted octanol–water partition coefficient (Wildman–Crippen LogP) is 1.19. The van der Waals surface area contributed by atoms with Crippen LogP contribution in [0, 0.1) is 5.82 Å². The smallest absolute Gasteiger partial charge is 0.232 e. The van der Waals surface area contributed by atoms with Crippen LogP contribution in [0.2, 0.25) is 0 Å². The summed E-state index contributed by atoms with van der Waals surface area (Å²) in [6, 6.07) is 3.84. The molecule has 0 unspecified atom stereocenters. The minimum Gasteiger partial charge on any atom is -0.396 e. The Bertz CT molecular complexity index is 459. The normalized spacial score (nSPS) is 11.4. The summed E-state index contributed by atoms with van der Waals surface area (Å²) in [6.07, 6.45) is 1.09. The number of anilines is 2. The molecule has 1 rings (SSSR count). The molecule has 0 saturated carbocycles. The monoisotopic (exact) mass is 232 g/mol. The highest BCUT2D eigenvalue weighted by molar-refractivity contribution is 7.92. The van der Waals surface area contributed by atoms with Crippen molar-refractivity contribution in [3.05, 3.63) is 24.0 Å². The second-order valence-corrected chi connectivity index (χ2v) is 5.04. The maximum atomic E-state index is 12.9. The standard InChI is InChI=1S/C9H13FN2O2S/c1-3-12(15(2,13)14)7-4-5-8(10)9(11)6-7/h4-6H,3,11H2,1-2H3. The maximum Gasteiger partial charge on any atom is 0.232 e. The van der Waals surface area contributed by atoms with Gasteiger partial charge in [-0.15, -0.1) is 0 Å². The van der Waals surface area contributed by atoms with E-state index in [9.17, 15) is 12.8 Å². The van der Waals surface area contributed by atoms with Crippen molar-refractivity contribution in [2.24, 2.45) is 0 Å². The van der Waals surface area contributed by atoms with Crippen LogP contribution in [0.15, 0.2) is 18.2 Å². The van der Waals surface area contributed by atoms with E-state index in [1.54, 1.807) is 6.92 Å². The van der Waals surface area contributed by atoms with Crippen LogP contribution in [0.4, 0.5) is 15.8 Å². The van der Waals surface area contributed by atoms with E-state index >= 15 is 0 Å². The van der Waals surface area contributed by atoms with E-state index in [0.717, 1.165) is 16.6 Å². The number of hydrogen-bond acceptors (Lipinski definition) is 3. The molecule has 0 amide bonds. The van der Waals surface area contributed by atoms with Crippen LogP contribution in [0.5, 0.6) is 0 Å². The fourth-order valence-electron chi connectivity index (χ4n) is 1.29. The topological polar surface area (TPSA) is 63.4 Å². The molecular weight excluding hydrogens is 219 g/mol. The molecule has 6 heteroatoms. The summed E-state index contributed by atoms with van der Waals surface area (Å²) in [6.45, 7) is 1.98. The highest BCUT2D eigenvalue weighted by Crippen LogP contribution is 2.22. The molecule has 2 N–H and O–H groups in total. The lowest BCUT2D eigenvalue weighted by Gasteiger charge is -2.20. The van der Waals surface area contributed by atoms with Gasteiger partial charge in [0.15, 0.2) is 0 Å². The van der Waals surface area contributed by atoms with Crippen LogP contribution in [0.3, 0.4) is 0 Å². The van der Waals surface area contributed by atoms with E-state index in [4.69, 9.17) is 5.73 Å². The van der Waals surface area contributed by atoms with Gasteiger partial charge >= 0.3 is 0 Å². The van der Waals surface area contributed by atoms with Crippen LogP contribution in [0.1, 0.15) is 6.92 Å². The van der Waals surface area contributed by atoms with Crippen LogP contribution in [0.25, 0.3) is 0 Å². The van der Waals surface area contributed by atoms with E-state index < -0.39 is 15.8 Å². The van der Waals surface area contributed by atoms with Gasteiger partial charge in [-0.05, 0) is 25.1 Å². The summed E-state index contributed by atoms with van der Waals surface area (Å²) >= 11 is 0. The Kier molecular flexibility index (Phi) is 3.18. The van der Waals surface area contributed by atoms with Gasteiger partial charge in [0.2, 0.25) is 10.0 Å². The molecule has 0 radical (unpaired) electrons. The van der Waals surface area contributed by atoms with Crippen molar-refractivity contribution in [1.29, 1.82) is 0 Å². The van der Waals surface area contributed by atoms with Gasteiger partial charge in [0, 0.05) is 6.54 Å². The zero-order valence-corrected chi connectivity index (χ0v) is 9.38. The van der Waals surface area contributed by atoms with Crippen molar-refractivity contribution < 1.29 is 12.8 Å². The molecule has 0 aliphatic carbocycles. The minimum absolute atomic E-state index is 0.0606. The molecule has 0 spiro atoms. The molecule has 4 nitrogen and oxygen atoms in total. The Hall–Kier alpha value is -1.30. The molecule has 0 atom stereocenters. The van der Waals surface area contributed by atoms with E-state index in [-0.39, 0.29) is 12.2 Å². The van der Waals surface area contributed by atoms with Gasteiger partial charge in [-0.1, -0.05) is 0 Å². The number of halogens is 1. The molecule has 84 valence electrons. The lowest BCUT2D eigenvalue weighted by atomic mass is 10.2. The molecule has 0 heterocycles. The number of nitrogen functional groups attached to an aromatic ring is 1. The molecule has 15 heavy (non-hydrogen) atoms. The summed E-state index contributed by atoms with van der Waals surface area (Å²) in [5, 5.41) is 0. The highest BCUT2D eigenvalue weighted by atomic mass is 32.2. The number of rotatable bonds is 3. The summed E-state index contributed by atoms with van der Waals surface area (Å²) in [5.74, 6) is -0.552. The summed E-state index contributed by atoms with van der Waals surface area (Å²) in [5.41, 5.74) is 5.67. The average Bonchev–Trinajstić information content (AvgIpc) is 2.10. The largest absolute Gasteiger partial charge is 0.396 e. The second-order valence-electron chi connectivity index (χ2n) is 3.13. The molecule has 0 saturated heterocycles. The number of benzene rings is 1. The van der Waals surface area contributed by atoms with Gasteiger partial charge in [0.1, 0.15) is 5.82 Å². The Labute approximate surface area is 88.6 Å². The zero-order valence-electron chi connectivity index (χ0n) is 8.57. The van der Waals surface area contributed by atoms with E-state index in [0.29, 0.717) is 5.69 Å². The van der Waals surface area contributed by atoms with Crippen molar-refractivity contribution in [2.45, 2.75) is 6.92 Å². The lowest BCUT2D eigenvalue weighted by molar-refractivity contribution is 0.597. The van der Waals surface area contributed by atoms with Crippen molar-refractivity contribution in [3.63, 3.8) is 0 Å². The molecule has 0 aliphatic rings. The fraction of sp³-hybridized carbons (Fsp3) is 0.333. The SMILES string of the molecule is CCN(c1ccc(F)c(N)c1)S(C)(=O)=O. The summed E-state index contributed by atoms with van der Waals surface area (Å²) < 4.78 is 36.7. The highest BCUT2D eigenvalue weighted by Gasteiger charge is 2.15. The first-order valence-electron chi connectivity index (χ1n) is 4.39. The molecular formula is C9H13FN2O2S. The van der Waals surface area contributed by atoms with Crippen LogP contribution in [-0.4, -0.2) is 21.2 Å². The Morgan fingerprint density at radius 2 is 2.07 bits per heavy atom. The minimum atomic E-state index is -3.34. The molecule has 0 aliphatic heterocycles. The van der Waals surface area contributed by atoms with Crippen molar-refractivity contribution in [1.82, 2.24) is 0 Å². The molecule has 1 aromatic carbocycles. The van der Waals surface area contributed by atoms with E-state index in [1.165, 1.54) is 12.1 Å². The third-order valence-electron chi connectivity index (χ3n) is 1.96. The summed E-state index contributed by atoms with van der Waals surface area (Å²) in [7, 11) is -3.34. The first-order valence-corrected chi connectivity index (χ1v) is 6.24. The molecule has 0 fully saturated rings. The number of sulfonamides is 1. The first-order chi connectivity index (χ1) is 6.86. The van der Waals surface area contributed by atoms with Gasteiger partial charge in [0.05, 0.1) is 17.6 Å². The Balaban J connectivity index is 3.20. The molecule has 0 bridgehead atoms. The molecule has 0 aromatic heterocycles.